The maximum Gasteiger partial charge on any atom is 0.0459 e. The Labute approximate surface area is 81.9 Å². The number of likely N-dealkylation sites (tertiary alicyclic amines) is 1. The first-order valence-electron chi connectivity index (χ1n) is 5.70. The SMILES string of the molecule is CCCCN1CCCC(CO)CC1. The molecule has 0 saturated carbocycles. The van der Waals surface area contributed by atoms with E-state index in [9.17, 15) is 0 Å². The zero-order chi connectivity index (χ0) is 9.52. The standard InChI is InChI=1S/C11H23NO/c1-2-3-7-12-8-4-5-11(10-13)6-9-12/h11,13H,2-10H2,1H3. The molecule has 0 aliphatic carbocycles. The van der Waals surface area contributed by atoms with Crippen LogP contribution in [-0.4, -0.2) is 36.2 Å². The van der Waals surface area contributed by atoms with Gasteiger partial charge in [-0.2, -0.15) is 0 Å². The molecule has 2 heteroatoms. The molecular weight excluding hydrogens is 162 g/mol. The first kappa shape index (κ1) is 11.0. The number of nitrogens with zero attached hydrogens (tertiary/aromatic N) is 1. The first-order valence-corrected chi connectivity index (χ1v) is 5.70. The minimum atomic E-state index is 0.390. The normalized spacial score (nSPS) is 25.8. The smallest absolute Gasteiger partial charge is 0.0459 e. The Morgan fingerprint density at radius 3 is 2.85 bits per heavy atom. The van der Waals surface area contributed by atoms with Gasteiger partial charge in [-0.15, -0.1) is 0 Å². The molecule has 13 heavy (non-hydrogen) atoms. The summed E-state index contributed by atoms with van der Waals surface area (Å²) < 4.78 is 0. The largest absolute Gasteiger partial charge is 0.396 e. The van der Waals surface area contributed by atoms with Gasteiger partial charge in [-0.25, -0.2) is 0 Å². The van der Waals surface area contributed by atoms with Gasteiger partial charge in [0.1, 0.15) is 0 Å². The number of hydrogen-bond acceptors (Lipinski definition) is 2. The highest BCUT2D eigenvalue weighted by atomic mass is 16.3. The third kappa shape index (κ3) is 4.10. The summed E-state index contributed by atoms with van der Waals surface area (Å²) in [4.78, 5) is 2.55. The Hall–Kier alpha value is -0.0800. The summed E-state index contributed by atoms with van der Waals surface area (Å²) in [6, 6.07) is 0. The Kier molecular flexibility index (Phi) is 5.40. The molecule has 1 aliphatic rings. The van der Waals surface area contributed by atoms with E-state index in [1.54, 1.807) is 0 Å². The Bertz CT molecular complexity index is 127. The molecular formula is C11H23NO. The topological polar surface area (TPSA) is 23.5 Å². The van der Waals surface area contributed by atoms with Gasteiger partial charge in [0.15, 0.2) is 0 Å². The second-order valence-corrected chi connectivity index (χ2v) is 4.17. The van der Waals surface area contributed by atoms with Crippen molar-refractivity contribution in [3.63, 3.8) is 0 Å². The Balaban J connectivity index is 2.19. The van der Waals surface area contributed by atoms with Gasteiger partial charge in [0.25, 0.3) is 0 Å². The summed E-state index contributed by atoms with van der Waals surface area (Å²) in [5.74, 6) is 0.576. The number of hydrogen-bond donors (Lipinski definition) is 1. The van der Waals surface area contributed by atoms with E-state index in [-0.39, 0.29) is 0 Å². The zero-order valence-corrected chi connectivity index (χ0v) is 8.84. The molecule has 1 atom stereocenters. The van der Waals surface area contributed by atoms with E-state index in [1.807, 2.05) is 0 Å². The van der Waals surface area contributed by atoms with Crippen molar-refractivity contribution in [2.45, 2.75) is 39.0 Å². The Morgan fingerprint density at radius 2 is 2.15 bits per heavy atom. The van der Waals surface area contributed by atoms with Crippen molar-refractivity contribution in [3.05, 3.63) is 0 Å². The summed E-state index contributed by atoms with van der Waals surface area (Å²) in [5.41, 5.74) is 0. The van der Waals surface area contributed by atoms with Crippen LogP contribution < -0.4 is 0 Å². The van der Waals surface area contributed by atoms with Gasteiger partial charge in [-0.3, -0.25) is 0 Å². The third-order valence-corrected chi connectivity index (χ3v) is 3.03. The summed E-state index contributed by atoms with van der Waals surface area (Å²) in [6.07, 6.45) is 6.30. The van der Waals surface area contributed by atoms with E-state index in [0.717, 1.165) is 0 Å². The van der Waals surface area contributed by atoms with Crippen molar-refractivity contribution in [2.75, 3.05) is 26.2 Å². The molecule has 2 nitrogen and oxygen atoms in total. The average Bonchev–Trinajstić information content (AvgIpc) is 2.39. The van der Waals surface area contributed by atoms with Crippen LogP contribution in [0.1, 0.15) is 39.0 Å². The molecule has 0 spiro atoms. The first-order chi connectivity index (χ1) is 6.36. The van der Waals surface area contributed by atoms with Crippen LogP contribution in [0.25, 0.3) is 0 Å². The van der Waals surface area contributed by atoms with E-state index in [1.165, 1.54) is 51.7 Å². The van der Waals surface area contributed by atoms with Crippen LogP contribution in [0, 0.1) is 5.92 Å². The molecule has 0 bridgehead atoms. The van der Waals surface area contributed by atoms with Gasteiger partial charge >= 0.3 is 0 Å². The second kappa shape index (κ2) is 6.39. The lowest BCUT2D eigenvalue weighted by molar-refractivity contribution is 0.208. The minimum Gasteiger partial charge on any atom is -0.396 e. The van der Waals surface area contributed by atoms with Gasteiger partial charge in [-0.1, -0.05) is 13.3 Å². The van der Waals surface area contributed by atoms with Crippen LogP contribution in [0.15, 0.2) is 0 Å². The van der Waals surface area contributed by atoms with Crippen molar-refractivity contribution >= 4 is 0 Å². The van der Waals surface area contributed by atoms with Crippen LogP contribution in [0.5, 0.6) is 0 Å². The van der Waals surface area contributed by atoms with Crippen LogP contribution in [0.2, 0.25) is 0 Å². The van der Waals surface area contributed by atoms with E-state index in [2.05, 4.69) is 11.8 Å². The number of unbranched alkanes of at least 4 members (excludes halogenated alkanes) is 1. The van der Waals surface area contributed by atoms with E-state index >= 15 is 0 Å². The van der Waals surface area contributed by atoms with Gasteiger partial charge in [-0.05, 0) is 51.2 Å². The highest BCUT2D eigenvalue weighted by Gasteiger charge is 2.15. The van der Waals surface area contributed by atoms with Crippen molar-refractivity contribution in [1.29, 1.82) is 0 Å². The quantitative estimate of drug-likeness (QED) is 0.723. The summed E-state index contributed by atoms with van der Waals surface area (Å²) in [6.45, 7) is 6.34. The minimum absolute atomic E-state index is 0.390. The molecule has 78 valence electrons. The molecule has 0 aromatic heterocycles. The number of aliphatic hydroxyl groups is 1. The van der Waals surface area contributed by atoms with Crippen molar-refractivity contribution in [1.82, 2.24) is 4.90 Å². The summed E-state index contributed by atoms with van der Waals surface area (Å²) in [5, 5.41) is 9.06. The molecule has 0 amide bonds. The number of aliphatic hydroxyl groups excluding tert-OH is 1. The summed E-state index contributed by atoms with van der Waals surface area (Å²) >= 11 is 0. The molecule has 1 unspecified atom stereocenters. The van der Waals surface area contributed by atoms with Crippen molar-refractivity contribution in [2.24, 2.45) is 5.92 Å². The van der Waals surface area contributed by atoms with E-state index in [4.69, 9.17) is 5.11 Å². The molecule has 0 radical (unpaired) electrons. The predicted octanol–water partition coefficient (Wildman–Crippen LogP) is 1.88. The molecule has 1 rings (SSSR count). The van der Waals surface area contributed by atoms with Crippen LogP contribution >= 0.6 is 0 Å². The lowest BCUT2D eigenvalue weighted by Crippen LogP contribution is -2.26. The fraction of sp³-hybridized carbons (Fsp3) is 1.00. The van der Waals surface area contributed by atoms with Gasteiger partial charge in [0, 0.05) is 6.61 Å². The third-order valence-electron chi connectivity index (χ3n) is 3.03. The van der Waals surface area contributed by atoms with Gasteiger partial charge in [0.05, 0.1) is 0 Å². The fourth-order valence-electron chi connectivity index (χ4n) is 2.01. The Morgan fingerprint density at radius 1 is 1.31 bits per heavy atom. The monoisotopic (exact) mass is 185 g/mol. The van der Waals surface area contributed by atoms with Crippen molar-refractivity contribution < 1.29 is 5.11 Å². The molecule has 1 saturated heterocycles. The maximum atomic E-state index is 9.06. The lowest BCUT2D eigenvalue weighted by atomic mass is 10.0. The zero-order valence-electron chi connectivity index (χ0n) is 8.84. The molecule has 0 aromatic carbocycles. The number of rotatable bonds is 4. The van der Waals surface area contributed by atoms with Gasteiger partial charge < -0.3 is 10.0 Å². The molecule has 1 heterocycles. The van der Waals surface area contributed by atoms with Gasteiger partial charge in [0.2, 0.25) is 0 Å². The van der Waals surface area contributed by atoms with E-state index in [0.29, 0.717) is 12.5 Å². The van der Waals surface area contributed by atoms with Crippen molar-refractivity contribution in [3.8, 4) is 0 Å². The highest BCUT2D eigenvalue weighted by molar-refractivity contribution is 4.69. The average molecular weight is 185 g/mol. The van der Waals surface area contributed by atoms with Crippen LogP contribution in [-0.2, 0) is 0 Å². The molecule has 1 N–H and O–H groups in total. The second-order valence-electron chi connectivity index (χ2n) is 4.17. The molecule has 0 aromatic rings. The van der Waals surface area contributed by atoms with Crippen LogP contribution in [0.4, 0.5) is 0 Å². The molecule has 1 fully saturated rings. The lowest BCUT2D eigenvalue weighted by Gasteiger charge is -2.19. The van der Waals surface area contributed by atoms with Crippen LogP contribution in [0.3, 0.4) is 0 Å². The summed E-state index contributed by atoms with van der Waals surface area (Å²) in [7, 11) is 0. The fourth-order valence-corrected chi connectivity index (χ4v) is 2.01. The maximum absolute atomic E-state index is 9.06. The predicted molar refractivity (Wildman–Crippen MR) is 55.8 cm³/mol. The highest BCUT2D eigenvalue weighted by Crippen LogP contribution is 2.16. The molecule has 1 aliphatic heterocycles. The van der Waals surface area contributed by atoms with E-state index < -0.39 is 0 Å².